The van der Waals surface area contributed by atoms with Gasteiger partial charge in [-0.2, -0.15) is 0 Å². The highest BCUT2D eigenvalue weighted by Crippen LogP contribution is 2.40. The van der Waals surface area contributed by atoms with Crippen molar-refractivity contribution in [2.24, 2.45) is 0 Å². The van der Waals surface area contributed by atoms with E-state index in [1.165, 1.54) is 38.6 Å². The van der Waals surface area contributed by atoms with Crippen LogP contribution in [-0.2, 0) is 15.7 Å². The molecular formula is C40H39BO3. The molecule has 2 heterocycles. The molecule has 8 rings (SSSR count). The largest absolute Gasteiger partial charge is 0.495 e. The van der Waals surface area contributed by atoms with Gasteiger partial charge in [0.2, 0.25) is 0 Å². The van der Waals surface area contributed by atoms with Crippen LogP contribution in [0, 0.1) is 0 Å². The summed E-state index contributed by atoms with van der Waals surface area (Å²) >= 11 is 0. The molecule has 1 fully saturated rings. The summed E-state index contributed by atoms with van der Waals surface area (Å²) in [5.74, 6) is 0. The van der Waals surface area contributed by atoms with Gasteiger partial charge in [-0.1, -0.05) is 92.7 Å². The van der Waals surface area contributed by atoms with E-state index in [0.29, 0.717) is 0 Å². The van der Waals surface area contributed by atoms with Gasteiger partial charge in [0.05, 0.1) is 11.2 Å². The maximum absolute atomic E-state index is 6.44. The third-order valence-corrected chi connectivity index (χ3v) is 9.61. The van der Waals surface area contributed by atoms with Gasteiger partial charge < -0.3 is 13.7 Å². The zero-order valence-corrected chi connectivity index (χ0v) is 26.5. The van der Waals surface area contributed by atoms with Crippen molar-refractivity contribution < 1.29 is 13.7 Å². The fraction of sp³-hybridized carbons (Fsp3) is 0.250. The van der Waals surface area contributed by atoms with E-state index in [1.807, 2.05) is 26.0 Å². The predicted octanol–water partition coefficient (Wildman–Crippen LogP) is 10.4. The molecule has 5 aromatic carbocycles. The molecule has 0 saturated carbocycles. The van der Waals surface area contributed by atoms with E-state index in [2.05, 4.69) is 119 Å². The second-order valence-corrected chi connectivity index (χ2v) is 12.7. The Morgan fingerprint density at radius 2 is 1.36 bits per heavy atom. The normalized spacial score (nSPS) is 16.7. The van der Waals surface area contributed by atoms with Gasteiger partial charge in [0.15, 0.2) is 0 Å². The standard InChI is InChI=1S/C38H33BO3.C2H6/c1-37(2)38(3,4)42-39(41-37)33-14-9-15-35-36(33)32-22-26(20-21-34(32)40-35)24-16-18-25(19-17-24)31-23-27-10-5-6-11-28(27)29-12-7-8-13-30(29)31;1-2/h5-6,8-11,13-23H,7,12H2,1-4H3;1-2H3. The van der Waals surface area contributed by atoms with Crippen LogP contribution in [0.5, 0.6) is 0 Å². The number of fused-ring (bicyclic) bond motifs is 6. The molecule has 0 spiro atoms. The first-order valence-electron chi connectivity index (χ1n) is 15.9. The van der Waals surface area contributed by atoms with Gasteiger partial charge in [-0.05, 0) is 114 Å². The Labute approximate surface area is 260 Å². The molecule has 2 aliphatic rings. The van der Waals surface area contributed by atoms with Crippen molar-refractivity contribution in [3.8, 4) is 22.3 Å². The van der Waals surface area contributed by atoms with Crippen LogP contribution in [0.2, 0.25) is 0 Å². The molecule has 0 atom stereocenters. The number of aryl methyl sites for hydroxylation is 1. The molecule has 0 unspecified atom stereocenters. The Bertz CT molecular complexity index is 2030. The molecular weight excluding hydrogens is 539 g/mol. The lowest BCUT2D eigenvalue weighted by Gasteiger charge is -2.32. The van der Waals surface area contributed by atoms with Crippen LogP contribution in [0.25, 0.3) is 61.0 Å². The maximum Gasteiger partial charge on any atom is 0.495 e. The fourth-order valence-corrected chi connectivity index (χ4v) is 6.61. The summed E-state index contributed by atoms with van der Waals surface area (Å²) in [4.78, 5) is 0. The summed E-state index contributed by atoms with van der Waals surface area (Å²) in [7, 11) is -0.454. The maximum atomic E-state index is 6.44. The highest BCUT2D eigenvalue weighted by atomic mass is 16.7. The van der Waals surface area contributed by atoms with Gasteiger partial charge in [0, 0.05) is 10.8 Å². The van der Waals surface area contributed by atoms with E-state index in [0.717, 1.165) is 45.8 Å². The zero-order chi connectivity index (χ0) is 30.6. The summed E-state index contributed by atoms with van der Waals surface area (Å²) in [6.45, 7) is 12.4. The van der Waals surface area contributed by atoms with Crippen molar-refractivity contribution >= 4 is 51.4 Å². The van der Waals surface area contributed by atoms with E-state index in [9.17, 15) is 0 Å². The van der Waals surface area contributed by atoms with Crippen molar-refractivity contribution in [2.75, 3.05) is 0 Å². The molecule has 0 amide bonds. The molecule has 3 nitrogen and oxygen atoms in total. The van der Waals surface area contributed by atoms with Gasteiger partial charge in [0.1, 0.15) is 11.2 Å². The molecule has 1 aliphatic carbocycles. The molecule has 1 aliphatic heterocycles. The monoisotopic (exact) mass is 578 g/mol. The van der Waals surface area contributed by atoms with Crippen molar-refractivity contribution in [3.63, 3.8) is 0 Å². The molecule has 44 heavy (non-hydrogen) atoms. The Morgan fingerprint density at radius 3 is 2.14 bits per heavy atom. The summed E-state index contributed by atoms with van der Waals surface area (Å²) in [5.41, 5.74) is 9.58. The third-order valence-electron chi connectivity index (χ3n) is 9.61. The lowest BCUT2D eigenvalue weighted by molar-refractivity contribution is 0.00578. The number of benzene rings is 5. The minimum atomic E-state index is -0.454. The van der Waals surface area contributed by atoms with Gasteiger partial charge in [0.25, 0.3) is 0 Å². The number of allylic oxidation sites excluding steroid dienone is 1. The lowest BCUT2D eigenvalue weighted by Crippen LogP contribution is -2.41. The molecule has 0 N–H and O–H groups in total. The zero-order valence-electron chi connectivity index (χ0n) is 26.5. The quantitative estimate of drug-likeness (QED) is 0.196. The van der Waals surface area contributed by atoms with Crippen LogP contribution in [0.1, 0.15) is 59.1 Å². The first-order chi connectivity index (χ1) is 21.3. The van der Waals surface area contributed by atoms with Crippen molar-refractivity contribution in [3.05, 3.63) is 108 Å². The summed E-state index contributed by atoms with van der Waals surface area (Å²) in [5, 5.41) is 4.81. The van der Waals surface area contributed by atoms with Crippen molar-refractivity contribution in [1.29, 1.82) is 0 Å². The van der Waals surface area contributed by atoms with Gasteiger partial charge >= 0.3 is 7.12 Å². The number of rotatable bonds is 3. The summed E-state index contributed by atoms with van der Waals surface area (Å²) < 4.78 is 19.2. The average Bonchev–Trinajstić information content (AvgIpc) is 3.53. The number of furan rings is 1. The molecule has 4 heteroatoms. The topological polar surface area (TPSA) is 31.6 Å². The van der Waals surface area contributed by atoms with Crippen LogP contribution in [0.4, 0.5) is 0 Å². The Kier molecular flexibility index (Phi) is 7.03. The highest BCUT2D eigenvalue weighted by Gasteiger charge is 2.52. The Morgan fingerprint density at radius 1 is 0.659 bits per heavy atom. The van der Waals surface area contributed by atoms with Crippen LogP contribution < -0.4 is 5.46 Å². The summed E-state index contributed by atoms with van der Waals surface area (Å²) in [6.07, 6.45) is 6.80. The molecule has 0 bridgehead atoms. The van der Waals surface area contributed by atoms with E-state index >= 15 is 0 Å². The molecule has 0 radical (unpaired) electrons. The SMILES string of the molecule is CC.CC1(C)OB(c2cccc3oc4ccc(-c5ccc(-c6cc7ccccc7c7c6C=CCC7)cc5)cc4c23)OC1(C)C. The molecule has 6 aromatic rings. The second-order valence-electron chi connectivity index (χ2n) is 12.7. The number of hydrogen-bond acceptors (Lipinski definition) is 3. The van der Waals surface area contributed by atoms with Crippen molar-refractivity contribution in [1.82, 2.24) is 0 Å². The minimum absolute atomic E-state index is 0.410. The van der Waals surface area contributed by atoms with Crippen LogP contribution in [0.15, 0.2) is 101 Å². The van der Waals surface area contributed by atoms with E-state index in [1.54, 1.807) is 0 Å². The highest BCUT2D eigenvalue weighted by molar-refractivity contribution is 6.66. The van der Waals surface area contributed by atoms with Gasteiger partial charge in [-0.3, -0.25) is 0 Å². The van der Waals surface area contributed by atoms with Crippen LogP contribution in [-0.4, -0.2) is 18.3 Å². The first kappa shape index (κ1) is 28.6. The summed E-state index contributed by atoms with van der Waals surface area (Å²) in [6, 6.07) is 32.7. The molecule has 220 valence electrons. The van der Waals surface area contributed by atoms with Gasteiger partial charge in [-0.15, -0.1) is 0 Å². The minimum Gasteiger partial charge on any atom is -0.456 e. The van der Waals surface area contributed by atoms with E-state index in [4.69, 9.17) is 13.7 Å². The average molecular weight is 579 g/mol. The molecule has 1 saturated heterocycles. The van der Waals surface area contributed by atoms with Crippen molar-refractivity contribution in [2.45, 2.75) is 65.6 Å². The lowest BCUT2D eigenvalue weighted by atomic mass is 9.76. The Hall–Kier alpha value is -4.12. The predicted molar refractivity (Wildman–Crippen MR) is 187 cm³/mol. The third kappa shape index (κ3) is 4.60. The molecule has 1 aromatic heterocycles. The van der Waals surface area contributed by atoms with Crippen LogP contribution in [0.3, 0.4) is 0 Å². The van der Waals surface area contributed by atoms with E-state index in [-0.39, 0.29) is 0 Å². The number of hydrogen-bond donors (Lipinski definition) is 0. The van der Waals surface area contributed by atoms with Crippen LogP contribution >= 0.6 is 0 Å². The first-order valence-corrected chi connectivity index (χ1v) is 15.9. The fourth-order valence-electron chi connectivity index (χ4n) is 6.61. The Balaban J connectivity index is 0.00000153. The van der Waals surface area contributed by atoms with E-state index < -0.39 is 18.3 Å². The van der Waals surface area contributed by atoms with Gasteiger partial charge in [-0.25, -0.2) is 0 Å². The smallest absolute Gasteiger partial charge is 0.456 e. The second kappa shape index (κ2) is 10.8.